The van der Waals surface area contributed by atoms with E-state index in [0.717, 1.165) is 0 Å². The topological polar surface area (TPSA) is 110 Å². The Bertz CT molecular complexity index is 422. The fraction of sp³-hybridized carbons (Fsp3) is 0.812. The minimum atomic E-state index is -1.91. The molecule has 0 atom stereocenters. The standard InChI is InChI=1S/C16H30O7Si/c1-16(2,3)24(4,5)23-11-10-22-15(21)12(6-8-13(17)18)7-9-14(19)20/h12H,6-11H2,1-5H3,(H,17,18)(H,19,20). The first-order valence-electron chi connectivity index (χ1n) is 8.11. The highest BCUT2D eigenvalue weighted by Gasteiger charge is 2.37. The van der Waals surface area contributed by atoms with Crippen LogP contribution in [0.5, 0.6) is 0 Å². The molecular formula is C16H30O7Si. The summed E-state index contributed by atoms with van der Waals surface area (Å²) in [6.07, 6.45) is -0.241. The first kappa shape index (κ1) is 22.6. The van der Waals surface area contributed by atoms with E-state index in [4.69, 9.17) is 19.4 Å². The molecule has 0 aromatic rings. The largest absolute Gasteiger partial charge is 0.481 e. The van der Waals surface area contributed by atoms with Gasteiger partial charge in [0, 0.05) is 12.8 Å². The molecule has 0 aromatic heterocycles. The molecule has 140 valence electrons. The van der Waals surface area contributed by atoms with Gasteiger partial charge in [-0.15, -0.1) is 0 Å². The zero-order valence-electron chi connectivity index (χ0n) is 15.3. The molecule has 0 saturated carbocycles. The molecule has 0 heterocycles. The van der Waals surface area contributed by atoms with Crippen LogP contribution in [-0.2, 0) is 23.5 Å². The van der Waals surface area contributed by atoms with Crippen molar-refractivity contribution in [2.24, 2.45) is 5.92 Å². The maximum Gasteiger partial charge on any atom is 0.309 e. The van der Waals surface area contributed by atoms with Crippen LogP contribution in [-0.4, -0.2) is 49.7 Å². The van der Waals surface area contributed by atoms with E-state index in [1.165, 1.54) is 0 Å². The minimum absolute atomic E-state index is 0.0581. The number of carbonyl (C=O) groups excluding carboxylic acids is 1. The molecule has 0 radical (unpaired) electrons. The van der Waals surface area contributed by atoms with Gasteiger partial charge in [-0.1, -0.05) is 20.8 Å². The van der Waals surface area contributed by atoms with Crippen molar-refractivity contribution < 1.29 is 33.8 Å². The summed E-state index contributed by atoms with van der Waals surface area (Å²) in [5.41, 5.74) is 0. The highest BCUT2D eigenvalue weighted by atomic mass is 28.4. The number of carboxylic acids is 2. The Labute approximate surface area is 144 Å². The Morgan fingerprint density at radius 3 is 1.79 bits per heavy atom. The third-order valence-corrected chi connectivity index (χ3v) is 8.88. The summed E-state index contributed by atoms with van der Waals surface area (Å²) in [4.78, 5) is 33.3. The third kappa shape index (κ3) is 9.02. The summed E-state index contributed by atoms with van der Waals surface area (Å²) in [7, 11) is -1.91. The van der Waals surface area contributed by atoms with E-state index in [1.54, 1.807) is 0 Å². The number of aliphatic carboxylic acids is 2. The molecule has 0 rings (SSSR count). The number of carboxylic acid groups (broad SMARTS) is 2. The molecule has 0 aromatic carbocycles. The highest BCUT2D eigenvalue weighted by Crippen LogP contribution is 2.36. The number of hydrogen-bond acceptors (Lipinski definition) is 5. The first-order valence-corrected chi connectivity index (χ1v) is 11.0. The van der Waals surface area contributed by atoms with Crippen LogP contribution in [0.4, 0.5) is 0 Å². The van der Waals surface area contributed by atoms with Gasteiger partial charge in [0.15, 0.2) is 8.32 Å². The number of carbonyl (C=O) groups is 3. The molecular weight excluding hydrogens is 332 g/mol. The van der Waals surface area contributed by atoms with E-state index >= 15 is 0 Å². The molecule has 0 spiro atoms. The smallest absolute Gasteiger partial charge is 0.309 e. The lowest BCUT2D eigenvalue weighted by atomic mass is 9.98. The van der Waals surface area contributed by atoms with Crippen molar-refractivity contribution in [2.45, 2.75) is 64.6 Å². The second-order valence-corrected chi connectivity index (χ2v) is 12.1. The number of rotatable bonds is 11. The lowest BCUT2D eigenvalue weighted by molar-refractivity contribution is -0.150. The fourth-order valence-corrected chi connectivity index (χ4v) is 2.78. The van der Waals surface area contributed by atoms with Crippen LogP contribution in [0.2, 0.25) is 18.1 Å². The van der Waals surface area contributed by atoms with Crippen LogP contribution >= 0.6 is 0 Å². The SMILES string of the molecule is CC(C)(C)[Si](C)(C)OCCOC(=O)C(CCC(=O)O)CCC(=O)O. The third-order valence-electron chi connectivity index (χ3n) is 4.34. The van der Waals surface area contributed by atoms with Crippen molar-refractivity contribution in [2.75, 3.05) is 13.2 Å². The summed E-state index contributed by atoms with van der Waals surface area (Å²) in [6.45, 7) is 10.9. The molecule has 2 N–H and O–H groups in total. The molecule has 8 heteroatoms. The van der Waals surface area contributed by atoms with Gasteiger partial charge >= 0.3 is 17.9 Å². The predicted molar refractivity (Wildman–Crippen MR) is 91.3 cm³/mol. The Kier molecular flexibility index (Phi) is 9.20. The summed E-state index contributed by atoms with van der Waals surface area (Å²) in [5, 5.41) is 17.5. The van der Waals surface area contributed by atoms with Gasteiger partial charge < -0.3 is 19.4 Å². The summed E-state index contributed by atoms with van der Waals surface area (Å²) >= 11 is 0. The second kappa shape index (κ2) is 9.78. The zero-order valence-corrected chi connectivity index (χ0v) is 16.3. The minimum Gasteiger partial charge on any atom is -0.481 e. The van der Waals surface area contributed by atoms with Gasteiger partial charge in [0.2, 0.25) is 0 Å². The molecule has 0 unspecified atom stereocenters. The van der Waals surface area contributed by atoms with Crippen LogP contribution in [0.15, 0.2) is 0 Å². The monoisotopic (exact) mass is 362 g/mol. The van der Waals surface area contributed by atoms with E-state index in [-0.39, 0.29) is 43.9 Å². The quantitative estimate of drug-likeness (QED) is 0.330. The van der Waals surface area contributed by atoms with Gasteiger partial charge in [-0.05, 0) is 31.0 Å². The Balaban J connectivity index is 4.39. The van der Waals surface area contributed by atoms with Gasteiger partial charge in [-0.3, -0.25) is 14.4 Å². The van der Waals surface area contributed by atoms with Crippen molar-refractivity contribution in [1.29, 1.82) is 0 Å². The fourth-order valence-electron chi connectivity index (χ4n) is 1.75. The second-order valence-electron chi connectivity index (χ2n) is 7.34. The van der Waals surface area contributed by atoms with Crippen molar-refractivity contribution in [3.63, 3.8) is 0 Å². The Morgan fingerprint density at radius 2 is 1.42 bits per heavy atom. The Hall–Kier alpha value is -1.41. The van der Waals surface area contributed by atoms with Gasteiger partial charge in [-0.2, -0.15) is 0 Å². The molecule has 0 aliphatic heterocycles. The lowest BCUT2D eigenvalue weighted by Crippen LogP contribution is -2.41. The van der Waals surface area contributed by atoms with Gasteiger partial charge in [-0.25, -0.2) is 0 Å². The van der Waals surface area contributed by atoms with Gasteiger partial charge in [0.1, 0.15) is 6.61 Å². The highest BCUT2D eigenvalue weighted by molar-refractivity contribution is 6.74. The summed E-state index contributed by atoms with van der Waals surface area (Å²) < 4.78 is 11.0. The number of hydrogen-bond donors (Lipinski definition) is 2. The van der Waals surface area contributed by atoms with Crippen LogP contribution in [0.3, 0.4) is 0 Å². The van der Waals surface area contributed by atoms with Crippen LogP contribution in [0.25, 0.3) is 0 Å². The number of ether oxygens (including phenoxy) is 1. The predicted octanol–water partition coefficient (Wildman–Crippen LogP) is 2.90. The normalized spacial score (nSPS) is 12.2. The van der Waals surface area contributed by atoms with E-state index < -0.39 is 32.1 Å². The van der Waals surface area contributed by atoms with Crippen molar-refractivity contribution in [3.05, 3.63) is 0 Å². The van der Waals surface area contributed by atoms with Crippen molar-refractivity contribution >= 4 is 26.2 Å². The van der Waals surface area contributed by atoms with Gasteiger partial charge in [0.25, 0.3) is 0 Å². The summed E-state index contributed by atoms with van der Waals surface area (Å²) in [5.74, 6) is -3.32. The van der Waals surface area contributed by atoms with Crippen molar-refractivity contribution in [1.82, 2.24) is 0 Å². The summed E-state index contributed by atoms with van der Waals surface area (Å²) in [6, 6.07) is 0. The average molecular weight is 362 g/mol. The van der Waals surface area contributed by atoms with E-state index in [1.807, 2.05) is 0 Å². The molecule has 0 aliphatic carbocycles. The molecule has 0 amide bonds. The molecule has 0 saturated heterocycles. The molecule has 7 nitrogen and oxygen atoms in total. The average Bonchev–Trinajstić information content (AvgIpc) is 2.41. The van der Waals surface area contributed by atoms with Crippen LogP contribution in [0, 0.1) is 5.92 Å². The van der Waals surface area contributed by atoms with Crippen molar-refractivity contribution in [3.8, 4) is 0 Å². The maximum absolute atomic E-state index is 12.0. The first-order chi connectivity index (χ1) is 10.9. The molecule has 0 fully saturated rings. The lowest BCUT2D eigenvalue weighted by Gasteiger charge is -2.36. The van der Waals surface area contributed by atoms with Gasteiger partial charge in [0.05, 0.1) is 12.5 Å². The van der Waals surface area contributed by atoms with Crippen LogP contribution < -0.4 is 0 Å². The van der Waals surface area contributed by atoms with E-state index in [2.05, 4.69) is 33.9 Å². The molecule has 0 aliphatic rings. The zero-order chi connectivity index (χ0) is 19.0. The number of esters is 1. The molecule has 0 bridgehead atoms. The maximum atomic E-state index is 12.0. The van der Waals surface area contributed by atoms with E-state index in [0.29, 0.717) is 0 Å². The van der Waals surface area contributed by atoms with Crippen LogP contribution in [0.1, 0.15) is 46.5 Å². The Morgan fingerprint density at radius 1 is 0.958 bits per heavy atom. The molecule has 24 heavy (non-hydrogen) atoms. The van der Waals surface area contributed by atoms with E-state index in [9.17, 15) is 14.4 Å².